The molecular weight excluding hydrogens is 301 g/mol. The second-order valence-corrected chi connectivity index (χ2v) is 5.07. The molecule has 23 heavy (non-hydrogen) atoms. The van der Waals surface area contributed by atoms with Gasteiger partial charge in [0.25, 0.3) is 0 Å². The Kier molecular flexibility index (Phi) is 6.92. The summed E-state index contributed by atoms with van der Waals surface area (Å²) in [6.07, 6.45) is 1.80. The Labute approximate surface area is 133 Å². The van der Waals surface area contributed by atoms with Crippen LogP contribution in [-0.2, 0) is 20.8 Å². The van der Waals surface area contributed by atoms with E-state index in [-0.39, 0.29) is 12.8 Å². The number of amides is 3. The average molecular weight is 321 g/mol. The van der Waals surface area contributed by atoms with Gasteiger partial charge in [0.05, 0.1) is 0 Å². The Bertz CT molecular complexity index is 587. The molecular formula is C16H20FN3O3. The molecule has 0 unspecified atom stereocenters. The highest BCUT2D eigenvalue weighted by molar-refractivity contribution is 5.91. The third-order valence-corrected chi connectivity index (χ3v) is 3.11. The summed E-state index contributed by atoms with van der Waals surface area (Å²) in [5, 5.41) is 4.99. The van der Waals surface area contributed by atoms with Crippen LogP contribution in [0.15, 0.2) is 36.9 Å². The number of hydrogen-bond acceptors (Lipinski definition) is 3. The fourth-order valence-electron chi connectivity index (χ4n) is 2.00. The van der Waals surface area contributed by atoms with Crippen molar-refractivity contribution in [3.63, 3.8) is 0 Å². The number of carbonyl (C=O) groups excluding carboxylic acids is 3. The van der Waals surface area contributed by atoms with Crippen LogP contribution < -0.4 is 16.4 Å². The summed E-state index contributed by atoms with van der Waals surface area (Å²) in [4.78, 5) is 34.9. The second-order valence-electron chi connectivity index (χ2n) is 5.07. The average Bonchev–Trinajstić information content (AvgIpc) is 2.47. The van der Waals surface area contributed by atoms with Gasteiger partial charge in [-0.3, -0.25) is 14.4 Å². The molecule has 0 spiro atoms. The van der Waals surface area contributed by atoms with E-state index >= 15 is 0 Å². The van der Waals surface area contributed by atoms with Crippen molar-refractivity contribution in [3.05, 3.63) is 48.3 Å². The maximum atomic E-state index is 12.9. The van der Waals surface area contributed by atoms with Crippen LogP contribution in [0.4, 0.5) is 4.39 Å². The van der Waals surface area contributed by atoms with Gasteiger partial charge in [0.15, 0.2) is 0 Å². The van der Waals surface area contributed by atoms with E-state index in [0.29, 0.717) is 5.56 Å². The highest BCUT2D eigenvalue weighted by atomic mass is 19.1. The third kappa shape index (κ3) is 6.29. The van der Waals surface area contributed by atoms with E-state index in [1.807, 2.05) is 0 Å². The number of benzene rings is 1. The standard InChI is InChI=1S/C16H20FN3O3/c1-3-4-13(15(18)22)20-16(23)14(19-10(2)21)9-11-5-7-12(17)8-6-11/h3,5-8,13-14H,1,4,9H2,2H3,(H2,18,22)(H,19,21)(H,20,23)/t13-,14+/m0/s1. The van der Waals surface area contributed by atoms with Gasteiger partial charge in [-0.05, 0) is 24.1 Å². The van der Waals surface area contributed by atoms with Crippen LogP contribution in [0.1, 0.15) is 18.9 Å². The maximum absolute atomic E-state index is 12.9. The molecule has 0 fully saturated rings. The van der Waals surface area contributed by atoms with Crippen molar-refractivity contribution >= 4 is 17.7 Å². The first-order valence-corrected chi connectivity index (χ1v) is 7.05. The number of rotatable bonds is 8. The number of halogens is 1. The number of hydrogen-bond donors (Lipinski definition) is 3. The van der Waals surface area contributed by atoms with Crippen LogP contribution in [0.5, 0.6) is 0 Å². The molecule has 4 N–H and O–H groups in total. The van der Waals surface area contributed by atoms with Crippen molar-refractivity contribution in [3.8, 4) is 0 Å². The first-order chi connectivity index (χ1) is 10.8. The molecule has 0 radical (unpaired) electrons. The van der Waals surface area contributed by atoms with Gasteiger partial charge in [-0.2, -0.15) is 0 Å². The molecule has 3 amide bonds. The van der Waals surface area contributed by atoms with E-state index in [0.717, 1.165) is 0 Å². The Hall–Kier alpha value is -2.70. The Balaban J connectivity index is 2.84. The molecule has 0 aliphatic heterocycles. The number of nitrogens with one attached hydrogen (secondary N) is 2. The fraction of sp³-hybridized carbons (Fsp3) is 0.312. The van der Waals surface area contributed by atoms with E-state index in [1.54, 1.807) is 0 Å². The zero-order chi connectivity index (χ0) is 17.4. The van der Waals surface area contributed by atoms with E-state index in [2.05, 4.69) is 17.2 Å². The van der Waals surface area contributed by atoms with E-state index in [9.17, 15) is 18.8 Å². The topological polar surface area (TPSA) is 101 Å². The quantitative estimate of drug-likeness (QED) is 0.605. The third-order valence-electron chi connectivity index (χ3n) is 3.11. The minimum atomic E-state index is -0.899. The van der Waals surface area contributed by atoms with Crippen LogP contribution in [0.3, 0.4) is 0 Å². The molecule has 0 bridgehead atoms. The van der Waals surface area contributed by atoms with Crippen LogP contribution in [0.25, 0.3) is 0 Å². The summed E-state index contributed by atoms with van der Waals surface area (Å²) in [6.45, 7) is 4.77. The largest absolute Gasteiger partial charge is 0.368 e. The Morgan fingerprint density at radius 2 is 1.83 bits per heavy atom. The fourth-order valence-corrected chi connectivity index (χ4v) is 2.00. The molecule has 0 aliphatic carbocycles. The van der Waals surface area contributed by atoms with E-state index in [1.165, 1.54) is 37.3 Å². The Morgan fingerprint density at radius 1 is 1.22 bits per heavy atom. The Morgan fingerprint density at radius 3 is 2.30 bits per heavy atom. The summed E-state index contributed by atoms with van der Waals surface area (Å²) in [6, 6.07) is 3.78. The monoisotopic (exact) mass is 321 g/mol. The van der Waals surface area contributed by atoms with Gasteiger partial charge in [-0.15, -0.1) is 6.58 Å². The molecule has 0 saturated carbocycles. The minimum absolute atomic E-state index is 0.158. The highest BCUT2D eigenvalue weighted by Gasteiger charge is 2.24. The van der Waals surface area contributed by atoms with Gasteiger partial charge in [-0.25, -0.2) is 4.39 Å². The molecule has 2 atom stereocenters. The SMILES string of the molecule is C=CC[C@H](NC(=O)[C@@H](Cc1ccc(F)cc1)NC(C)=O)C(N)=O. The smallest absolute Gasteiger partial charge is 0.243 e. The van der Waals surface area contributed by atoms with Gasteiger partial charge < -0.3 is 16.4 Å². The predicted octanol–water partition coefficient (Wildman–Crippen LogP) is 0.419. The van der Waals surface area contributed by atoms with Crippen molar-refractivity contribution in [1.29, 1.82) is 0 Å². The predicted molar refractivity (Wildman–Crippen MR) is 83.6 cm³/mol. The van der Waals surface area contributed by atoms with Crippen LogP contribution >= 0.6 is 0 Å². The van der Waals surface area contributed by atoms with Crippen molar-refractivity contribution < 1.29 is 18.8 Å². The van der Waals surface area contributed by atoms with Crippen LogP contribution in [0, 0.1) is 5.82 Å². The lowest BCUT2D eigenvalue weighted by Gasteiger charge is -2.21. The highest BCUT2D eigenvalue weighted by Crippen LogP contribution is 2.07. The normalized spacial score (nSPS) is 12.8. The van der Waals surface area contributed by atoms with Crippen LogP contribution in [0.2, 0.25) is 0 Å². The summed E-state index contributed by atoms with van der Waals surface area (Å²) >= 11 is 0. The molecule has 1 aromatic rings. The summed E-state index contributed by atoms with van der Waals surface area (Å²) in [7, 11) is 0. The summed E-state index contributed by atoms with van der Waals surface area (Å²) < 4.78 is 12.9. The van der Waals surface area contributed by atoms with Gasteiger partial charge >= 0.3 is 0 Å². The van der Waals surface area contributed by atoms with Gasteiger partial charge in [-0.1, -0.05) is 18.2 Å². The maximum Gasteiger partial charge on any atom is 0.243 e. The molecule has 6 nitrogen and oxygen atoms in total. The van der Waals surface area contributed by atoms with Crippen LogP contribution in [-0.4, -0.2) is 29.8 Å². The molecule has 1 aromatic carbocycles. The number of primary amides is 1. The zero-order valence-electron chi connectivity index (χ0n) is 12.8. The molecule has 0 aliphatic rings. The number of carbonyl (C=O) groups is 3. The van der Waals surface area contributed by atoms with Crippen molar-refractivity contribution in [2.45, 2.75) is 31.8 Å². The lowest BCUT2D eigenvalue weighted by molar-refractivity contribution is -0.130. The van der Waals surface area contributed by atoms with E-state index < -0.39 is 35.6 Å². The molecule has 0 saturated heterocycles. The van der Waals surface area contributed by atoms with Gasteiger partial charge in [0, 0.05) is 13.3 Å². The van der Waals surface area contributed by atoms with Gasteiger partial charge in [0.2, 0.25) is 17.7 Å². The summed E-state index contributed by atoms with van der Waals surface area (Å²) in [5.74, 6) is -2.03. The minimum Gasteiger partial charge on any atom is -0.368 e. The first-order valence-electron chi connectivity index (χ1n) is 7.05. The van der Waals surface area contributed by atoms with Crippen molar-refractivity contribution in [2.75, 3.05) is 0 Å². The molecule has 0 heterocycles. The van der Waals surface area contributed by atoms with Crippen molar-refractivity contribution in [1.82, 2.24) is 10.6 Å². The lowest BCUT2D eigenvalue weighted by Crippen LogP contribution is -2.53. The molecule has 124 valence electrons. The molecule has 0 aromatic heterocycles. The summed E-state index contributed by atoms with van der Waals surface area (Å²) in [5.41, 5.74) is 5.88. The molecule has 1 rings (SSSR count). The molecule has 7 heteroatoms. The van der Waals surface area contributed by atoms with Gasteiger partial charge in [0.1, 0.15) is 17.9 Å². The lowest BCUT2D eigenvalue weighted by atomic mass is 10.0. The number of nitrogens with two attached hydrogens (primary N) is 1. The van der Waals surface area contributed by atoms with Crippen molar-refractivity contribution in [2.24, 2.45) is 5.73 Å². The second kappa shape index (κ2) is 8.67. The first kappa shape index (κ1) is 18.3. The van der Waals surface area contributed by atoms with E-state index in [4.69, 9.17) is 5.73 Å². The zero-order valence-corrected chi connectivity index (χ0v) is 12.8.